The van der Waals surface area contributed by atoms with Gasteiger partial charge >= 0.3 is 0 Å². The maximum Gasteiger partial charge on any atom is 0.292 e. The van der Waals surface area contributed by atoms with Gasteiger partial charge in [-0.1, -0.05) is 51.8 Å². The van der Waals surface area contributed by atoms with Gasteiger partial charge in [-0.05, 0) is 10.4 Å². The molecule has 0 radical (unpaired) electrons. The van der Waals surface area contributed by atoms with Crippen molar-refractivity contribution in [1.29, 1.82) is 0 Å². The number of tetrazole rings is 1. The molecule has 3 aromatic rings. The lowest BCUT2D eigenvalue weighted by atomic mass is 10.1. The largest absolute Gasteiger partial charge is 0.391 e. The second kappa shape index (κ2) is 4.44. The number of hydrogen-bond acceptors (Lipinski definition) is 7. The molecule has 0 atom stereocenters. The summed E-state index contributed by atoms with van der Waals surface area (Å²) >= 11 is 0. The molecule has 0 aliphatic heterocycles. The molecule has 1 aliphatic carbocycles. The van der Waals surface area contributed by atoms with Crippen molar-refractivity contribution in [2.45, 2.75) is 0 Å². The third-order valence-electron chi connectivity index (χ3n) is 3.08. The van der Waals surface area contributed by atoms with Gasteiger partial charge in [0.2, 0.25) is 0 Å². The maximum atomic E-state index is 5.22. The van der Waals surface area contributed by atoms with Crippen LogP contribution in [0.1, 0.15) is 11.3 Å². The van der Waals surface area contributed by atoms with E-state index in [1.54, 1.807) is 6.08 Å². The minimum Gasteiger partial charge on any atom is -0.391 e. The zero-order valence-corrected chi connectivity index (χ0v) is 10.8. The summed E-state index contributed by atoms with van der Waals surface area (Å²) in [5, 5.41) is 19.7. The smallest absolute Gasteiger partial charge is 0.292 e. The van der Waals surface area contributed by atoms with Gasteiger partial charge in [0.1, 0.15) is 23.7 Å². The topological polar surface area (TPSA) is 90.5 Å². The summed E-state index contributed by atoms with van der Waals surface area (Å²) in [4.78, 5) is 9.64. The summed E-state index contributed by atoms with van der Waals surface area (Å²) in [5.41, 5.74) is 3.77. The molecule has 2 aromatic heterocycles. The van der Waals surface area contributed by atoms with Crippen LogP contribution in [0, 0.1) is 0 Å². The van der Waals surface area contributed by atoms with E-state index < -0.39 is 0 Å². The molecule has 0 saturated carbocycles. The van der Waals surface area contributed by atoms with Crippen LogP contribution in [-0.2, 0) is 4.84 Å². The summed E-state index contributed by atoms with van der Waals surface area (Å²) in [6.07, 6.45) is 1.63. The Balaban J connectivity index is 1.96. The molecule has 0 N–H and O–H groups in total. The minimum atomic E-state index is 0.318. The Hall–Kier alpha value is -3.16. The fraction of sp³-hybridized carbons (Fsp3) is 0.0769. The summed E-state index contributed by atoms with van der Waals surface area (Å²) < 4.78 is 1.29. The fourth-order valence-electron chi connectivity index (χ4n) is 2.22. The van der Waals surface area contributed by atoms with E-state index in [4.69, 9.17) is 4.84 Å². The highest BCUT2D eigenvalue weighted by Gasteiger charge is 2.29. The van der Waals surface area contributed by atoms with Crippen LogP contribution in [0.25, 0.3) is 17.0 Å². The highest BCUT2D eigenvalue weighted by molar-refractivity contribution is 6.22. The average molecular weight is 279 g/mol. The first-order valence-electron chi connectivity index (χ1n) is 6.26. The van der Waals surface area contributed by atoms with Crippen molar-refractivity contribution in [2.75, 3.05) is 6.61 Å². The van der Waals surface area contributed by atoms with Crippen LogP contribution in [0.3, 0.4) is 0 Å². The molecule has 0 bridgehead atoms. The molecule has 0 amide bonds. The number of rotatable bonds is 3. The predicted octanol–water partition coefficient (Wildman–Crippen LogP) is 0.850. The first-order chi connectivity index (χ1) is 10.4. The van der Waals surface area contributed by atoms with Gasteiger partial charge in [-0.2, -0.15) is 0 Å². The van der Waals surface area contributed by atoms with Gasteiger partial charge in [0, 0.05) is 11.1 Å². The van der Waals surface area contributed by atoms with Crippen LogP contribution in [0.4, 0.5) is 0 Å². The number of hydrogen-bond donors (Lipinski definition) is 0. The van der Waals surface area contributed by atoms with E-state index >= 15 is 0 Å². The minimum absolute atomic E-state index is 0.318. The third kappa shape index (κ3) is 1.69. The summed E-state index contributed by atoms with van der Waals surface area (Å²) in [6, 6.07) is 7.76. The van der Waals surface area contributed by atoms with Gasteiger partial charge in [-0.25, -0.2) is 4.98 Å². The van der Waals surface area contributed by atoms with Crippen molar-refractivity contribution >= 4 is 11.5 Å². The normalized spacial score (nSPS) is 14.2. The molecule has 8 nitrogen and oxygen atoms in total. The second-order valence-electron chi connectivity index (χ2n) is 4.35. The van der Waals surface area contributed by atoms with Gasteiger partial charge < -0.3 is 4.84 Å². The zero-order valence-electron chi connectivity index (χ0n) is 10.8. The van der Waals surface area contributed by atoms with Crippen molar-refractivity contribution < 1.29 is 4.84 Å². The Bertz CT molecular complexity index is 883. The van der Waals surface area contributed by atoms with Crippen molar-refractivity contribution in [3.63, 3.8) is 0 Å². The number of aromatic nitrogens is 6. The van der Waals surface area contributed by atoms with E-state index in [1.165, 1.54) is 4.63 Å². The highest BCUT2D eigenvalue weighted by Crippen LogP contribution is 2.33. The standard InChI is InChI=1S/C13H9N7O/c1-2-7-21-17-11-9-6-4-3-5-8(9)10-12(11)14-13-15-18-19-20(13)16-10/h2-6H,1,7H2. The van der Waals surface area contributed by atoms with Crippen LogP contribution < -0.4 is 0 Å². The molecule has 0 fully saturated rings. The summed E-state index contributed by atoms with van der Waals surface area (Å²) in [5.74, 6) is 0.318. The Kier molecular flexibility index (Phi) is 2.46. The quantitative estimate of drug-likeness (QED) is 0.314. The van der Waals surface area contributed by atoms with Crippen molar-refractivity contribution in [2.24, 2.45) is 5.16 Å². The molecule has 0 unspecified atom stereocenters. The van der Waals surface area contributed by atoms with Crippen LogP contribution in [0.5, 0.6) is 0 Å². The SMILES string of the molecule is C=CCON=C1c2ccccc2-c2nn3nnnc3nc21. The molecule has 2 heterocycles. The van der Waals surface area contributed by atoms with Gasteiger partial charge in [-0.3, -0.25) is 0 Å². The predicted molar refractivity (Wildman–Crippen MR) is 73.6 cm³/mol. The number of benzene rings is 1. The second-order valence-corrected chi connectivity index (χ2v) is 4.35. The summed E-state index contributed by atoms with van der Waals surface area (Å²) in [7, 11) is 0. The van der Waals surface area contributed by atoms with E-state index in [2.05, 4.69) is 37.3 Å². The van der Waals surface area contributed by atoms with E-state index in [1.807, 2.05) is 24.3 Å². The van der Waals surface area contributed by atoms with Gasteiger partial charge in [0.15, 0.2) is 0 Å². The van der Waals surface area contributed by atoms with E-state index in [-0.39, 0.29) is 0 Å². The molecule has 102 valence electrons. The average Bonchev–Trinajstić information content (AvgIpc) is 3.08. The van der Waals surface area contributed by atoms with Gasteiger partial charge in [0.05, 0.1) is 0 Å². The van der Waals surface area contributed by atoms with E-state index in [0.717, 1.165) is 11.1 Å². The fourth-order valence-corrected chi connectivity index (χ4v) is 2.22. The number of fused-ring (bicyclic) bond motifs is 4. The molecule has 21 heavy (non-hydrogen) atoms. The zero-order chi connectivity index (χ0) is 14.2. The van der Waals surface area contributed by atoms with Crippen molar-refractivity contribution in [3.8, 4) is 11.3 Å². The Morgan fingerprint density at radius 1 is 1.24 bits per heavy atom. The monoisotopic (exact) mass is 279 g/mol. The lowest BCUT2D eigenvalue weighted by molar-refractivity contribution is 0.175. The number of nitrogens with zero attached hydrogens (tertiary/aromatic N) is 7. The number of oxime groups is 1. The van der Waals surface area contributed by atoms with E-state index in [0.29, 0.717) is 29.5 Å². The Labute approximate surface area is 118 Å². The van der Waals surface area contributed by atoms with Crippen LogP contribution in [0.2, 0.25) is 0 Å². The summed E-state index contributed by atoms with van der Waals surface area (Å²) in [6.45, 7) is 3.92. The van der Waals surface area contributed by atoms with Gasteiger partial charge in [0.25, 0.3) is 5.78 Å². The van der Waals surface area contributed by atoms with Crippen molar-refractivity contribution in [3.05, 3.63) is 48.2 Å². The van der Waals surface area contributed by atoms with Crippen LogP contribution in [-0.4, -0.2) is 42.6 Å². The Morgan fingerprint density at radius 2 is 2.10 bits per heavy atom. The molecule has 4 rings (SSSR count). The molecule has 1 aliphatic rings. The molecule has 1 aromatic carbocycles. The lowest BCUT2D eigenvalue weighted by Gasteiger charge is -1.99. The van der Waals surface area contributed by atoms with Gasteiger partial charge in [-0.15, -0.1) is 5.10 Å². The maximum absolute atomic E-state index is 5.22. The van der Waals surface area contributed by atoms with Crippen LogP contribution >= 0.6 is 0 Å². The molecule has 0 saturated heterocycles. The van der Waals surface area contributed by atoms with E-state index in [9.17, 15) is 0 Å². The Morgan fingerprint density at radius 3 is 2.95 bits per heavy atom. The molecular weight excluding hydrogens is 270 g/mol. The molecule has 8 heteroatoms. The van der Waals surface area contributed by atoms with Crippen molar-refractivity contribution in [1.82, 2.24) is 30.2 Å². The third-order valence-corrected chi connectivity index (χ3v) is 3.08. The molecular formula is C13H9N7O. The first kappa shape index (κ1) is 11.6. The highest BCUT2D eigenvalue weighted by atomic mass is 16.6. The first-order valence-corrected chi connectivity index (χ1v) is 6.26. The molecule has 0 spiro atoms. The lowest BCUT2D eigenvalue weighted by Crippen LogP contribution is -2.06. The van der Waals surface area contributed by atoms with Crippen LogP contribution in [0.15, 0.2) is 42.1 Å².